The Labute approximate surface area is 161 Å². The van der Waals surface area contributed by atoms with Crippen molar-refractivity contribution in [2.45, 2.75) is 25.9 Å². The fourth-order valence-corrected chi connectivity index (χ4v) is 4.23. The van der Waals surface area contributed by atoms with Gasteiger partial charge in [-0.3, -0.25) is 14.4 Å². The quantitative estimate of drug-likeness (QED) is 0.674. The summed E-state index contributed by atoms with van der Waals surface area (Å²) in [7, 11) is 3.46. The number of hydrogen-bond donors (Lipinski definition) is 0. The van der Waals surface area contributed by atoms with Crippen LogP contribution in [0.3, 0.4) is 0 Å². The van der Waals surface area contributed by atoms with Gasteiger partial charge in [0, 0.05) is 19.3 Å². The third kappa shape index (κ3) is 3.42. The third-order valence-electron chi connectivity index (χ3n) is 4.81. The summed E-state index contributed by atoms with van der Waals surface area (Å²) in [6, 6.07) is 7.59. The van der Waals surface area contributed by atoms with E-state index >= 15 is 0 Å². The number of hydrogen-bond acceptors (Lipinski definition) is 6. The maximum atomic E-state index is 13.3. The Morgan fingerprint density at radius 3 is 3.00 bits per heavy atom. The normalized spacial score (nSPS) is 16.8. The minimum atomic E-state index is -0.160. The molecular formula is C19H22N4O3S. The van der Waals surface area contributed by atoms with Crippen molar-refractivity contribution < 1.29 is 14.3 Å². The molecule has 1 aliphatic rings. The van der Waals surface area contributed by atoms with Gasteiger partial charge in [-0.1, -0.05) is 17.4 Å². The van der Waals surface area contributed by atoms with Gasteiger partial charge in [0.1, 0.15) is 11.3 Å². The average Bonchev–Trinajstić information content (AvgIpc) is 3.39. The molecule has 0 radical (unpaired) electrons. The fraction of sp³-hybridized carbons (Fsp3) is 0.421. The number of carbonyl (C=O) groups excluding carboxylic acids is 1. The Morgan fingerprint density at radius 2 is 2.33 bits per heavy atom. The third-order valence-corrected chi connectivity index (χ3v) is 5.85. The van der Waals surface area contributed by atoms with E-state index in [0.717, 1.165) is 35.4 Å². The zero-order valence-electron chi connectivity index (χ0n) is 15.6. The van der Waals surface area contributed by atoms with Gasteiger partial charge in [-0.15, -0.1) is 0 Å². The molecule has 142 valence electrons. The summed E-state index contributed by atoms with van der Waals surface area (Å²) in [4.78, 5) is 19.7. The van der Waals surface area contributed by atoms with Gasteiger partial charge >= 0.3 is 0 Å². The summed E-state index contributed by atoms with van der Waals surface area (Å²) in [5, 5.41) is 4.99. The number of ether oxygens (including phenoxy) is 2. The second-order valence-corrected chi connectivity index (χ2v) is 7.66. The number of amides is 1. The summed E-state index contributed by atoms with van der Waals surface area (Å²) >= 11 is 1.48. The number of benzene rings is 1. The van der Waals surface area contributed by atoms with Crippen LogP contribution >= 0.6 is 11.3 Å². The first-order valence-corrected chi connectivity index (χ1v) is 9.76. The molecule has 27 heavy (non-hydrogen) atoms. The largest absolute Gasteiger partial charge is 0.494 e. The van der Waals surface area contributed by atoms with Gasteiger partial charge in [-0.2, -0.15) is 5.10 Å². The van der Waals surface area contributed by atoms with Crippen molar-refractivity contribution in [2.24, 2.45) is 7.05 Å². The van der Waals surface area contributed by atoms with Crippen LogP contribution in [0.1, 0.15) is 29.0 Å². The molecule has 0 saturated carbocycles. The first-order chi connectivity index (χ1) is 13.1. The summed E-state index contributed by atoms with van der Waals surface area (Å²) in [6.07, 6.45) is 1.98. The number of aromatic nitrogens is 3. The summed E-state index contributed by atoms with van der Waals surface area (Å²) in [5.74, 6) is 0.542. The zero-order valence-corrected chi connectivity index (χ0v) is 16.5. The van der Waals surface area contributed by atoms with E-state index in [1.54, 1.807) is 22.8 Å². The van der Waals surface area contributed by atoms with Crippen molar-refractivity contribution >= 4 is 32.6 Å². The van der Waals surface area contributed by atoms with Crippen LogP contribution in [-0.2, 0) is 11.8 Å². The minimum absolute atomic E-state index is 0.0210. The standard InChI is InChI=1S/C19H22N4O3S/c1-12-10-14(21-22(12)2)18(24)23(11-13-6-5-9-26-13)19-20-17-15(25-3)7-4-8-16(17)27-19/h4,7-8,10,13H,5-6,9,11H2,1-3H3. The molecule has 3 heterocycles. The second kappa shape index (κ2) is 7.28. The molecule has 7 nitrogen and oxygen atoms in total. The van der Waals surface area contributed by atoms with Crippen LogP contribution in [0, 0.1) is 6.92 Å². The van der Waals surface area contributed by atoms with Gasteiger partial charge in [0.05, 0.1) is 24.5 Å². The van der Waals surface area contributed by atoms with Crippen molar-refractivity contribution in [1.29, 1.82) is 0 Å². The van der Waals surface area contributed by atoms with Gasteiger partial charge in [-0.25, -0.2) is 4.98 Å². The first-order valence-electron chi connectivity index (χ1n) is 8.94. The van der Waals surface area contributed by atoms with E-state index in [9.17, 15) is 4.79 Å². The number of nitrogens with zero attached hydrogens (tertiary/aromatic N) is 4. The van der Waals surface area contributed by atoms with Gasteiger partial charge in [-0.05, 0) is 38.0 Å². The summed E-state index contributed by atoms with van der Waals surface area (Å²) in [5.41, 5.74) is 2.11. The highest BCUT2D eigenvalue weighted by Gasteiger charge is 2.28. The number of rotatable bonds is 5. The Kier molecular flexibility index (Phi) is 4.84. The van der Waals surface area contributed by atoms with Crippen LogP contribution < -0.4 is 9.64 Å². The molecule has 1 saturated heterocycles. The molecule has 1 amide bonds. The predicted molar refractivity (Wildman–Crippen MR) is 105 cm³/mol. The average molecular weight is 386 g/mol. The first kappa shape index (κ1) is 17.9. The van der Waals surface area contributed by atoms with Crippen molar-refractivity contribution in [1.82, 2.24) is 14.8 Å². The maximum absolute atomic E-state index is 13.3. The second-order valence-electron chi connectivity index (χ2n) is 6.65. The number of thiazole rings is 1. The SMILES string of the molecule is COc1cccc2sc(N(CC3CCCO3)C(=O)c3cc(C)n(C)n3)nc12. The van der Waals surface area contributed by atoms with E-state index in [4.69, 9.17) is 14.5 Å². The van der Waals surface area contributed by atoms with Gasteiger partial charge in [0.2, 0.25) is 0 Å². The van der Waals surface area contributed by atoms with Crippen LogP contribution in [0.4, 0.5) is 5.13 Å². The van der Waals surface area contributed by atoms with Crippen LogP contribution in [-0.4, -0.2) is 47.0 Å². The molecule has 1 aliphatic heterocycles. The van der Waals surface area contributed by atoms with Crippen LogP contribution in [0.5, 0.6) is 5.75 Å². The van der Waals surface area contributed by atoms with E-state index in [1.807, 2.05) is 32.2 Å². The Hall–Kier alpha value is -2.45. The van der Waals surface area contributed by atoms with Crippen molar-refractivity contribution in [3.63, 3.8) is 0 Å². The minimum Gasteiger partial charge on any atom is -0.494 e. The predicted octanol–water partition coefficient (Wildman–Crippen LogP) is 3.17. The van der Waals surface area contributed by atoms with Crippen molar-refractivity contribution in [3.05, 3.63) is 35.7 Å². The van der Waals surface area contributed by atoms with Gasteiger partial charge in [0.25, 0.3) is 5.91 Å². The lowest BCUT2D eigenvalue weighted by atomic mass is 10.2. The number of carbonyl (C=O) groups is 1. The molecular weight excluding hydrogens is 364 g/mol. The van der Waals surface area contributed by atoms with Crippen molar-refractivity contribution in [3.8, 4) is 5.75 Å². The van der Waals surface area contributed by atoms with E-state index in [1.165, 1.54) is 11.3 Å². The highest BCUT2D eigenvalue weighted by atomic mass is 32.1. The lowest BCUT2D eigenvalue weighted by molar-refractivity contribution is 0.0913. The van der Waals surface area contributed by atoms with Crippen LogP contribution in [0.25, 0.3) is 10.2 Å². The number of methoxy groups -OCH3 is 1. The molecule has 2 aromatic heterocycles. The van der Waals surface area contributed by atoms with Crippen LogP contribution in [0.2, 0.25) is 0 Å². The topological polar surface area (TPSA) is 69.5 Å². The van der Waals surface area contributed by atoms with E-state index < -0.39 is 0 Å². The lowest BCUT2D eigenvalue weighted by Crippen LogP contribution is -2.37. The van der Waals surface area contributed by atoms with Gasteiger partial charge in [0.15, 0.2) is 10.8 Å². The molecule has 8 heteroatoms. The molecule has 1 fully saturated rings. The van der Waals surface area contributed by atoms with E-state index in [2.05, 4.69) is 5.10 Å². The lowest BCUT2D eigenvalue weighted by Gasteiger charge is -2.22. The van der Waals surface area contributed by atoms with Crippen molar-refractivity contribution in [2.75, 3.05) is 25.2 Å². The smallest absolute Gasteiger partial charge is 0.280 e. The number of anilines is 1. The molecule has 4 rings (SSSR count). The molecule has 1 unspecified atom stereocenters. The number of aryl methyl sites for hydroxylation is 2. The highest BCUT2D eigenvalue weighted by Crippen LogP contribution is 2.35. The summed E-state index contributed by atoms with van der Waals surface area (Å²) < 4.78 is 13.9. The Bertz CT molecular complexity index is 955. The van der Waals surface area contributed by atoms with E-state index in [-0.39, 0.29) is 12.0 Å². The van der Waals surface area contributed by atoms with Gasteiger partial charge < -0.3 is 9.47 Å². The van der Waals surface area contributed by atoms with E-state index in [0.29, 0.717) is 23.1 Å². The molecule has 0 spiro atoms. The Morgan fingerprint density at radius 1 is 1.48 bits per heavy atom. The Balaban J connectivity index is 1.74. The zero-order chi connectivity index (χ0) is 19.0. The molecule has 0 bridgehead atoms. The summed E-state index contributed by atoms with van der Waals surface area (Å²) in [6.45, 7) is 3.14. The monoisotopic (exact) mass is 386 g/mol. The molecule has 0 aliphatic carbocycles. The molecule has 1 atom stereocenters. The number of para-hydroxylation sites is 1. The molecule has 0 N–H and O–H groups in total. The van der Waals surface area contributed by atoms with Crippen LogP contribution in [0.15, 0.2) is 24.3 Å². The fourth-order valence-electron chi connectivity index (χ4n) is 3.23. The molecule has 3 aromatic rings. The highest BCUT2D eigenvalue weighted by molar-refractivity contribution is 7.22. The molecule has 1 aromatic carbocycles. The maximum Gasteiger partial charge on any atom is 0.280 e. The number of fused-ring (bicyclic) bond motifs is 1.